The Bertz CT molecular complexity index is 708. The Kier molecular flexibility index (Phi) is 4.70. The average Bonchev–Trinajstić information content (AvgIpc) is 3.17. The van der Waals surface area contributed by atoms with E-state index in [2.05, 4.69) is 26.5 Å². The van der Waals surface area contributed by atoms with Gasteiger partial charge in [0.2, 0.25) is 5.91 Å². The van der Waals surface area contributed by atoms with Crippen LogP contribution in [0.4, 0.5) is 0 Å². The molecule has 6 heteroatoms. The second-order valence-electron chi connectivity index (χ2n) is 6.86. The van der Waals surface area contributed by atoms with E-state index in [9.17, 15) is 4.79 Å². The monoisotopic (exact) mass is 340 g/mol. The quantitative estimate of drug-likeness (QED) is 0.895. The lowest BCUT2D eigenvalue weighted by atomic mass is 9.94. The van der Waals surface area contributed by atoms with Crippen LogP contribution >= 0.6 is 0 Å². The number of amides is 1. The van der Waals surface area contributed by atoms with Crippen LogP contribution in [0.2, 0.25) is 0 Å². The number of aromatic nitrogens is 2. The fourth-order valence-corrected chi connectivity index (χ4v) is 3.83. The van der Waals surface area contributed by atoms with Crippen molar-refractivity contribution in [1.29, 1.82) is 0 Å². The minimum Gasteiger partial charge on any atom is -0.493 e. The summed E-state index contributed by atoms with van der Waals surface area (Å²) in [7, 11) is 0. The van der Waals surface area contributed by atoms with E-state index in [1.807, 2.05) is 24.3 Å². The van der Waals surface area contributed by atoms with Crippen molar-refractivity contribution in [2.75, 3.05) is 26.2 Å². The lowest BCUT2D eigenvalue weighted by Crippen LogP contribution is -2.43. The van der Waals surface area contributed by atoms with Gasteiger partial charge in [0.15, 0.2) is 0 Å². The fourth-order valence-electron chi connectivity index (χ4n) is 3.83. The molecule has 2 aliphatic rings. The zero-order chi connectivity index (χ0) is 17.1. The largest absolute Gasteiger partial charge is 0.493 e. The predicted octanol–water partition coefficient (Wildman–Crippen LogP) is 2.23. The normalized spacial score (nSPS) is 21.4. The molecule has 0 spiro atoms. The molecule has 0 bridgehead atoms. The first-order chi connectivity index (χ1) is 12.3. The Morgan fingerprint density at radius 3 is 2.88 bits per heavy atom. The summed E-state index contributed by atoms with van der Waals surface area (Å²) in [5.41, 5.74) is 2.29. The van der Waals surface area contributed by atoms with Crippen LogP contribution in [0.5, 0.6) is 5.75 Å². The van der Waals surface area contributed by atoms with Gasteiger partial charge in [-0.15, -0.1) is 0 Å². The summed E-state index contributed by atoms with van der Waals surface area (Å²) in [6, 6.07) is 10.1. The molecular weight excluding hydrogens is 316 g/mol. The Hall–Kier alpha value is -2.34. The summed E-state index contributed by atoms with van der Waals surface area (Å²) in [5.74, 6) is 1.52. The summed E-state index contributed by atoms with van der Waals surface area (Å²) >= 11 is 0. The van der Waals surface area contributed by atoms with Gasteiger partial charge >= 0.3 is 0 Å². The van der Waals surface area contributed by atoms with Crippen molar-refractivity contribution >= 4 is 5.91 Å². The maximum Gasteiger partial charge on any atom is 0.234 e. The summed E-state index contributed by atoms with van der Waals surface area (Å²) in [6.45, 7) is 3.01. The molecule has 0 radical (unpaired) electrons. The molecule has 1 amide bonds. The molecule has 1 aromatic heterocycles. The minimum atomic E-state index is 0.0555. The number of likely N-dealkylation sites (tertiary alicyclic amines) is 1. The Morgan fingerprint density at radius 2 is 2.08 bits per heavy atom. The van der Waals surface area contributed by atoms with E-state index in [0.717, 1.165) is 43.7 Å². The molecule has 0 unspecified atom stereocenters. The second-order valence-corrected chi connectivity index (χ2v) is 6.86. The minimum absolute atomic E-state index is 0.0555. The molecule has 2 aliphatic heterocycles. The maximum atomic E-state index is 12.5. The van der Waals surface area contributed by atoms with E-state index in [1.165, 1.54) is 5.69 Å². The number of ether oxygens (including phenoxy) is 1. The predicted molar refractivity (Wildman–Crippen MR) is 94.4 cm³/mol. The third-order valence-corrected chi connectivity index (χ3v) is 5.21. The number of aromatic amines is 1. The van der Waals surface area contributed by atoms with Gasteiger partial charge in [-0.2, -0.15) is 5.10 Å². The molecule has 2 N–H and O–H groups in total. The lowest BCUT2D eigenvalue weighted by Gasteiger charge is -2.32. The van der Waals surface area contributed by atoms with Gasteiger partial charge in [-0.3, -0.25) is 14.8 Å². The molecule has 1 fully saturated rings. The van der Waals surface area contributed by atoms with Crippen molar-refractivity contribution in [3.05, 3.63) is 47.8 Å². The number of H-pyrrole nitrogens is 1. The molecule has 6 nitrogen and oxygen atoms in total. The molecule has 1 saturated heterocycles. The zero-order valence-electron chi connectivity index (χ0n) is 14.3. The first-order valence-corrected chi connectivity index (χ1v) is 9.02. The van der Waals surface area contributed by atoms with Gasteiger partial charge in [0.1, 0.15) is 5.75 Å². The lowest BCUT2D eigenvalue weighted by molar-refractivity contribution is -0.123. The van der Waals surface area contributed by atoms with E-state index in [0.29, 0.717) is 19.1 Å². The van der Waals surface area contributed by atoms with Gasteiger partial charge < -0.3 is 10.1 Å². The smallest absolute Gasteiger partial charge is 0.234 e. The molecule has 0 aliphatic carbocycles. The number of carbonyl (C=O) groups excluding carboxylic acids is 1. The van der Waals surface area contributed by atoms with E-state index in [4.69, 9.17) is 4.74 Å². The molecule has 132 valence electrons. The average molecular weight is 340 g/mol. The van der Waals surface area contributed by atoms with E-state index < -0.39 is 0 Å². The van der Waals surface area contributed by atoms with Gasteiger partial charge in [0.05, 0.1) is 19.2 Å². The number of benzene rings is 1. The van der Waals surface area contributed by atoms with Crippen LogP contribution in [0.25, 0.3) is 0 Å². The van der Waals surface area contributed by atoms with Gasteiger partial charge in [-0.05, 0) is 38.1 Å². The van der Waals surface area contributed by atoms with Crippen LogP contribution in [0.1, 0.15) is 42.5 Å². The van der Waals surface area contributed by atoms with E-state index >= 15 is 0 Å². The van der Waals surface area contributed by atoms with Crippen molar-refractivity contribution in [1.82, 2.24) is 20.4 Å². The number of carbonyl (C=O) groups is 1. The Labute approximate surface area is 147 Å². The third kappa shape index (κ3) is 3.69. The highest BCUT2D eigenvalue weighted by atomic mass is 16.5. The first kappa shape index (κ1) is 16.1. The molecule has 25 heavy (non-hydrogen) atoms. The number of rotatable bonds is 4. The molecule has 1 aromatic carbocycles. The highest BCUT2D eigenvalue weighted by Crippen LogP contribution is 2.31. The van der Waals surface area contributed by atoms with E-state index in [1.54, 1.807) is 6.20 Å². The zero-order valence-corrected chi connectivity index (χ0v) is 14.3. The van der Waals surface area contributed by atoms with Crippen molar-refractivity contribution in [3.63, 3.8) is 0 Å². The van der Waals surface area contributed by atoms with Crippen LogP contribution in [0, 0.1) is 0 Å². The highest BCUT2D eigenvalue weighted by Gasteiger charge is 2.25. The van der Waals surface area contributed by atoms with Gasteiger partial charge in [-0.25, -0.2) is 0 Å². The van der Waals surface area contributed by atoms with Crippen LogP contribution in [-0.2, 0) is 4.79 Å². The molecular formula is C19H24N4O2. The molecule has 4 rings (SSSR count). The van der Waals surface area contributed by atoms with Crippen molar-refractivity contribution in [2.24, 2.45) is 0 Å². The van der Waals surface area contributed by atoms with Crippen LogP contribution < -0.4 is 10.1 Å². The molecule has 2 aromatic rings. The summed E-state index contributed by atoms with van der Waals surface area (Å²) in [4.78, 5) is 14.7. The number of nitrogens with zero attached hydrogens (tertiary/aromatic N) is 2. The Morgan fingerprint density at radius 1 is 1.24 bits per heavy atom. The van der Waals surface area contributed by atoms with Crippen molar-refractivity contribution in [3.8, 4) is 5.75 Å². The topological polar surface area (TPSA) is 70.2 Å². The number of hydrogen-bond acceptors (Lipinski definition) is 4. The van der Waals surface area contributed by atoms with Crippen molar-refractivity contribution < 1.29 is 9.53 Å². The fraction of sp³-hybridized carbons (Fsp3) is 0.474. The Balaban J connectivity index is 1.29. The number of para-hydroxylation sites is 1. The summed E-state index contributed by atoms with van der Waals surface area (Å²) in [5, 5.41) is 10.3. The maximum absolute atomic E-state index is 12.5. The SMILES string of the molecule is O=C(CN1CCC(c2ccn[nH]2)CC1)N[C@H]1CCOc2ccccc21. The third-order valence-electron chi connectivity index (χ3n) is 5.21. The summed E-state index contributed by atoms with van der Waals surface area (Å²) in [6.07, 6.45) is 4.76. The molecule has 0 saturated carbocycles. The van der Waals surface area contributed by atoms with Crippen molar-refractivity contribution in [2.45, 2.75) is 31.2 Å². The van der Waals surface area contributed by atoms with Crippen LogP contribution in [-0.4, -0.2) is 47.2 Å². The number of piperidine rings is 1. The van der Waals surface area contributed by atoms with Gasteiger partial charge in [0.25, 0.3) is 0 Å². The standard InChI is InChI=1S/C19H24N4O2/c24-19(21-17-8-12-25-18-4-2-1-3-15(17)18)13-23-10-6-14(7-11-23)16-5-9-20-22-16/h1-5,9,14,17H,6-8,10-13H2,(H,20,22)(H,21,24)/t17-/m0/s1. The highest BCUT2D eigenvalue weighted by molar-refractivity contribution is 5.78. The number of fused-ring (bicyclic) bond motifs is 1. The van der Waals surface area contributed by atoms with Gasteiger partial charge in [-0.1, -0.05) is 18.2 Å². The summed E-state index contributed by atoms with van der Waals surface area (Å²) < 4.78 is 5.66. The first-order valence-electron chi connectivity index (χ1n) is 9.02. The molecule has 3 heterocycles. The number of hydrogen-bond donors (Lipinski definition) is 2. The van der Waals surface area contributed by atoms with Crippen LogP contribution in [0.3, 0.4) is 0 Å². The van der Waals surface area contributed by atoms with Gasteiger partial charge in [0, 0.05) is 29.8 Å². The van der Waals surface area contributed by atoms with Crippen LogP contribution in [0.15, 0.2) is 36.5 Å². The molecule has 1 atom stereocenters. The second kappa shape index (κ2) is 7.27. The van der Waals surface area contributed by atoms with E-state index in [-0.39, 0.29) is 11.9 Å². The number of nitrogens with one attached hydrogen (secondary N) is 2.